The van der Waals surface area contributed by atoms with Crippen LogP contribution in [0.2, 0.25) is 0 Å². The largest absolute Gasteiger partial charge is 0.504 e. The van der Waals surface area contributed by atoms with Crippen LogP contribution in [0.1, 0.15) is 10.4 Å². The number of aromatic nitrogens is 3. The van der Waals surface area contributed by atoms with Gasteiger partial charge in [0.05, 0.1) is 29.1 Å². The first-order valence-corrected chi connectivity index (χ1v) is 7.20. The van der Waals surface area contributed by atoms with Gasteiger partial charge in [-0.05, 0) is 12.1 Å². The van der Waals surface area contributed by atoms with Crippen molar-refractivity contribution in [1.82, 2.24) is 14.5 Å². The molecule has 0 spiro atoms. The molecule has 0 aliphatic rings. The minimum atomic E-state index is -0.527. The minimum Gasteiger partial charge on any atom is -0.504 e. The molecular formula is C16H15N5O4. The Hall–Kier alpha value is -3.62. The number of phenols is 1. The molecule has 9 nitrogen and oxygen atoms in total. The van der Waals surface area contributed by atoms with Crippen molar-refractivity contribution < 1.29 is 14.6 Å². The van der Waals surface area contributed by atoms with E-state index in [9.17, 15) is 14.7 Å². The summed E-state index contributed by atoms with van der Waals surface area (Å²) in [5.41, 5.74) is 6.06. The van der Waals surface area contributed by atoms with Gasteiger partial charge in [0.15, 0.2) is 11.5 Å². The van der Waals surface area contributed by atoms with E-state index in [0.717, 1.165) is 0 Å². The number of nitrogens with zero attached hydrogens (tertiary/aromatic N) is 3. The van der Waals surface area contributed by atoms with Gasteiger partial charge in [0.2, 0.25) is 0 Å². The fourth-order valence-electron chi connectivity index (χ4n) is 2.55. The van der Waals surface area contributed by atoms with E-state index in [2.05, 4.69) is 15.3 Å². The van der Waals surface area contributed by atoms with Gasteiger partial charge in [-0.3, -0.25) is 14.2 Å². The number of methoxy groups -OCH3 is 1. The fourth-order valence-corrected chi connectivity index (χ4v) is 2.55. The molecule has 3 rings (SSSR count). The Kier molecular flexibility index (Phi) is 3.97. The maximum Gasteiger partial charge on any atom is 0.260 e. The number of nitrogen functional groups attached to an aromatic ring is 1. The first-order valence-electron chi connectivity index (χ1n) is 7.20. The molecule has 3 aromatic rings. The number of anilines is 2. The molecule has 0 atom stereocenters. The number of nitrogens with two attached hydrogens (primary N) is 1. The fraction of sp³-hybridized carbons (Fsp3) is 0.125. The van der Waals surface area contributed by atoms with Gasteiger partial charge in [0, 0.05) is 19.4 Å². The van der Waals surface area contributed by atoms with E-state index in [0.29, 0.717) is 0 Å². The number of carbonyl (C=O) groups is 1. The van der Waals surface area contributed by atoms with Crippen molar-refractivity contribution in [1.29, 1.82) is 0 Å². The van der Waals surface area contributed by atoms with E-state index in [1.54, 1.807) is 0 Å². The Morgan fingerprint density at radius 2 is 2.00 bits per heavy atom. The second-order valence-electron chi connectivity index (χ2n) is 5.25. The number of nitrogens with one attached hydrogen (secondary N) is 1. The minimum absolute atomic E-state index is 0.0613. The van der Waals surface area contributed by atoms with Crippen LogP contribution in [0.25, 0.3) is 10.8 Å². The zero-order chi connectivity index (χ0) is 18.1. The number of benzene rings is 1. The average molecular weight is 341 g/mol. The summed E-state index contributed by atoms with van der Waals surface area (Å²) >= 11 is 0. The third-order valence-electron chi connectivity index (χ3n) is 3.79. The molecule has 25 heavy (non-hydrogen) atoms. The van der Waals surface area contributed by atoms with Gasteiger partial charge in [-0.15, -0.1) is 0 Å². The molecule has 9 heteroatoms. The van der Waals surface area contributed by atoms with Gasteiger partial charge in [-0.25, -0.2) is 9.97 Å². The molecular weight excluding hydrogens is 326 g/mol. The maximum absolute atomic E-state index is 12.6. The number of phenolic OH excluding ortho intramolecular Hbond substituents is 1. The van der Waals surface area contributed by atoms with Crippen LogP contribution in [0.4, 0.5) is 11.5 Å². The maximum atomic E-state index is 12.6. The van der Waals surface area contributed by atoms with Crippen molar-refractivity contribution in [3.63, 3.8) is 0 Å². The average Bonchev–Trinajstić information content (AvgIpc) is 2.63. The molecule has 0 fully saturated rings. The number of ether oxygens (including phenoxy) is 1. The summed E-state index contributed by atoms with van der Waals surface area (Å²) in [5, 5.41) is 13.0. The summed E-state index contributed by atoms with van der Waals surface area (Å²) in [6.45, 7) is 0. The van der Waals surface area contributed by atoms with Gasteiger partial charge in [-0.2, -0.15) is 0 Å². The van der Waals surface area contributed by atoms with Gasteiger partial charge in [0.1, 0.15) is 12.1 Å². The highest BCUT2D eigenvalue weighted by molar-refractivity contribution is 6.09. The van der Waals surface area contributed by atoms with E-state index < -0.39 is 11.5 Å². The first-order chi connectivity index (χ1) is 12.0. The second-order valence-corrected chi connectivity index (χ2v) is 5.25. The van der Waals surface area contributed by atoms with Gasteiger partial charge in [-0.1, -0.05) is 0 Å². The molecule has 0 aliphatic carbocycles. The first kappa shape index (κ1) is 16.2. The van der Waals surface area contributed by atoms with E-state index >= 15 is 0 Å². The lowest BCUT2D eigenvalue weighted by molar-refractivity contribution is 0.102. The van der Waals surface area contributed by atoms with Crippen LogP contribution in [0.3, 0.4) is 0 Å². The number of pyridine rings is 1. The van der Waals surface area contributed by atoms with Crippen molar-refractivity contribution in [2.75, 3.05) is 18.2 Å². The van der Waals surface area contributed by atoms with Crippen molar-refractivity contribution in [3.8, 4) is 11.5 Å². The third kappa shape index (κ3) is 2.61. The van der Waals surface area contributed by atoms with E-state index in [1.807, 2.05) is 0 Å². The Balaban J connectivity index is 2.22. The predicted molar refractivity (Wildman–Crippen MR) is 91.8 cm³/mol. The van der Waals surface area contributed by atoms with Crippen LogP contribution in [-0.2, 0) is 7.05 Å². The third-order valence-corrected chi connectivity index (χ3v) is 3.79. The molecule has 1 aromatic carbocycles. The van der Waals surface area contributed by atoms with Crippen LogP contribution in [0.5, 0.6) is 11.5 Å². The number of hydrogen-bond acceptors (Lipinski definition) is 7. The SMILES string of the molecule is COc1c(O)ccc2c(=O)n(C)c(NC(=O)c3cncnc3)c(N)c12. The Morgan fingerprint density at radius 3 is 2.64 bits per heavy atom. The van der Waals surface area contributed by atoms with Gasteiger partial charge in [0.25, 0.3) is 11.5 Å². The number of carbonyl (C=O) groups excluding carboxylic acids is 1. The van der Waals surface area contributed by atoms with Gasteiger partial charge < -0.3 is 20.9 Å². The summed E-state index contributed by atoms with van der Waals surface area (Å²) in [7, 11) is 2.83. The smallest absolute Gasteiger partial charge is 0.260 e. The van der Waals surface area contributed by atoms with Crippen LogP contribution in [0.15, 0.2) is 35.6 Å². The molecule has 0 radical (unpaired) electrons. The van der Waals surface area contributed by atoms with Crippen LogP contribution in [0, 0.1) is 0 Å². The number of rotatable bonds is 3. The second kappa shape index (κ2) is 6.11. The quantitative estimate of drug-likeness (QED) is 0.644. The zero-order valence-electron chi connectivity index (χ0n) is 13.5. The molecule has 0 saturated carbocycles. The van der Waals surface area contributed by atoms with Crippen LogP contribution >= 0.6 is 0 Å². The molecule has 4 N–H and O–H groups in total. The lowest BCUT2D eigenvalue weighted by Gasteiger charge is -2.17. The highest BCUT2D eigenvalue weighted by atomic mass is 16.5. The summed E-state index contributed by atoms with van der Waals surface area (Å²) in [6, 6.07) is 2.80. The monoisotopic (exact) mass is 341 g/mol. The topological polar surface area (TPSA) is 132 Å². The van der Waals surface area contributed by atoms with Crippen molar-refractivity contribution >= 4 is 28.2 Å². The molecule has 2 heterocycles. The molecule has 0 saturated heterocycles. The Bertz CT molecular complexity index is 1030. The normalized spacial score (nSPS) is 10.6. The van der Waals surface area contributed by atoms with Gasteiger partial charge >= 0.3 is 0 Å². The molecule has 2 aromatic heterocycles. The number of aromatic hydroxyl groups is 1. The molecule has 128 valence electrons. The number of fused-ring (bicyclic) bond motifs is 1. The number of hydrogen-bond donors (Lipinski definition) is 3. The standard InChI is InChI=1S/C16H15N5O4/c1-21-14(20-15(23)8-5-18-7-19-6-8)12(17)11-9(16(21)24)3-4-10(22)13(11)25-2/h3-7,22H,17H2,1-2H3,(H,20,23). The lowest BCUT2D eigenvalue weighted by atomic mass is 10.1. The lowest BCUT2D eigenvalue weighted by Crippen LogP contribution is -2.25. The predicted octanol–water partition coefficient (Wildman–Crippen LogP) is 0.877. The van der Waals surface area contributed by atoms with E-state index in [-0.39, 0.29) is 39.3 Å². The van der Waals surface area contributed by atoms with Crippen LogP contribution < -0.4 is 21.3 Å². The van der Waals surface area contributed by atoms with E-state index in [4.69, 9.17) is 10.5 Å². The summed E-state index contributed by atoms with van der Waals surface area (Å²) in [4.78, 5) is 32.5. The highest BCUT2D eigenvalue weighted by Crippen LogP contribution is 2.39. The molecule has 0 bridgehead atoms. The molecule has 1 amide bonds. The zero-order valence-corrected chi connectivity index (χ0v) is 13.5. The molecule has 0 unspecified atom stereocenters. The molecule has 0 aliphatic heterocycles. The Labute approximate surface area is 141 Å². The van der Waals surface area contributed by atoms with Crippen LogP contribution in [-0.4, -0.2) is 32.7 Å². The summed E-state index contributed by atoms with van der Waals surface area (Å²) in [5.74, 6) is -0.550. The van der Waals surface area contributed by atoms with Crippen molar-refractivity contribution in [2.45, 2.75) is 0 Å². The summed E-state index contributed by atoms with van der Waals surface area (Å²) in [6.07, 6.45) is 3.97. The Morgan fingerprint density at radius 1 is 1.32 bits per heavy atom. The highest BCUT2D eigenvalue weighted by Gasteiger charge is 2.20. The summed E-state index contributed by atoms with van der Waals surface area (Å²) < 4.78 is 6.39. The van der Waals surface area contributed by atoms with Crippen molar-refractivity contribution in [2.24, 2.45) is 7.05 Å². The van der Waals surface area contributed by atoms with Crippen molar-refractivity contribution in [3.05, 3.63) is 46.8 Å². The van der Waals surface area contributed by atoms with E-state index in [1.165, 1.54) is 49.6 Å². The number of amides is 1.